The molecule has 3 aliphatic rings. The van der Waals surface area contributed by atoms with Crippen molar-refractivity contribution in [3.05, 3.63) is 46.8 Å². The summed E-state index contributed by atoms with van der Waals surface area (Å²) in [5.74, 6) is 3.25. The summed E-state index contributed by atoms with van der Waals surface area (Å²) in [6, 6.07) is 0.0274. The Kier molecular flexibility index (Phi) is 3.47. The maximum absolute atomic E-state index is 6.20. The van der Waals surface area contributed by atoms with Crippen LogP contribution in [-0.2, 0) is 14.2 Å². The molecule has 0 aromatic carbocycles. The minimum atomic E-state index is 0.0274. The van der Waals surface area contributed by atoms with Gasteiger partial charge in [-0.1, -0.05) is 26.0 Å². The van der Waals surface area contributed by atoms with Crippen molar-refractivity contribution in [2.45, 2.75) is 32.4 Å². The first-order valence-electron chi connectivity index (χ1n) is 7.41. The van der Waals surface area contributed by atoms with E-state index in [0.717, 1.165) is 29.4 Å². The molecule has 114 valence electrons. The van der Waals surface area contributed by atoms with Crippen molar-refractivity contribution in [2.75, 3.05) is 21.3 Å². The maximum Gasteiger partial charge on any atom is 0.197 e. The molecule has 2 aliphatic heterocycles. The predicted octanol–water partition coefficient (Wildman–Crippen LogP) is 2.96. The van der Waals surface area contributed by atoms with Crippen LogP contribution >= 0.6 is 0 Å². The normalized spacial score (nSPS) is 27.5. The molecule has 0 radical (unpaired) electrons. The van der Waals surface area contributed by atoms with Crippen molar-refractivity contribution in [3.63, 3.8) is 0 Å². The van der Waals surface area contributed by atoms with E-state index in [-0.39, 0.29) is 12.1 Å². The minimum absolute atomic E-state index is 0.0274. The second-order valence-corrected chi connectivity index (χ2v) is 6.02. The van der Waals surface area contributed by atoms with Crippen molar-refractivity contribution >= 4 is 0 Å². The molecule has 0 fully saturated rings. The molecule has 0 saturated carbocycles. The summed E-state index contributed by atoms with van der Waals surface area (Å²) in [5.41, 5.74) is 2.32. The van der Waals surface area contributed by atoms with Gasteiger partial charge in [-0.2, -0.15) is 0 Å². The molecule has 21 heavy (non-hydrogen) atoms. The van der Waals surface area contributed by atoms with E-state index in [4.69, 9.17) is 14.2 Å². The number of ether oxygens (including phenoxy) is 3. The van der Waals surface area contributed by atoms with E-state index in [1.165, 1.54) is 5.57 Å². The van der Waals surface area contributed by atoms with Gasteiger partial charge in [0, 0.05) is 19.0 Å². The van der Waals surface area contributed by atoms with Gasteiger partial charge in [0.1, 0.15) is 23.7 Å². The van der Waals surface area contributed by atoms with Gasteiger partial charge in [0.05, 0.1) is 19.8 Å². The van der Waals surface area contributed by atoms with Crippen molar-refractivity contribution in [1.29, 1.82) is 0 Å². The third-order valence-electron chi connectivity index (χ3n) is 4.45. The highest BCUT2D eigenvalue weighted by Gasteiger charge is 2.42. The fraction of sp³-hybridized carbons (Fsp3) is 0.529. The highest BCUT2D eigenvalue weighted by molar-refractivity contribution is 5.51. The molecule has 3 rings (SSSR count). The third kappa shape index (κ3) is 2.04. The molecule has 4 nitrogen and oxygen atoms in total. The molecule has 0 N–H and O–H groups in total. The van der Waals surface area contributed by atoms with Crippen LogP contribution in [0, 0.1) is 5.92 Å². The van der Waals surface area contributed by atoms with Crippen LogP contribution in [0.2, 0.25) is 0 Å². The molecule has 0 aromatic rings. The standard InChI is InChI=1S/C17H23NO3/c1-10(2)14-9-12-16(20-5)11-7-6-8-13(19-4)15(11)18(3)17(12)21-14/h6-8,10,14-15H,9H2,1-5H3. The van der Waals surface area contributed by atoms with Gasteiger partial charge in [-0.15, -0.1) is 0 Å². The monoisotopic (exact) mass is 289 g/mol. The van der Waals surface area contributed by atoms with Gasteiger partial charge in [-0.25, -0.2) is 0 Å². The number of methoxy groups -OCH3 is 2. The molecule has 2 unspecified atom stereocenters. The lowest BCUT2D eigenvalue weighted by molar-refractivity contribution is 0.0439. The van der Waals surface area contributed by atoms with Gasteiger partial charge in [0.25, 0.3) is 0 Å². The Morgan fingerprint density at radius 1 is 1.29 bits per heavy atom. The summed E-state index contributed by atoms with van der Waals surface area (Å²) < 4.78 is 17.5. The van der Waals surface area contributed by atoms with Crippen LogP contribution in [0.5, 0.6) is 0 Å². The fourth-order valence-electron chi connectivity index (χ4n) is 3.30. The quantitative estimate of drug-likeness (QED) is 0.799. The average molecular weight is 289 g/mol. The van der Waals surface area contributed by atoms with E-state index in [2.05, 4.69) is 31.9 Å². The average Bonchev–Trinajstić information content (AvgIpc) is 2.92. The van der Waals surface area contributed by atoms with Crippen molar-refractivity contribution < 1.29 is 14.2 Å². The van der Waals surface area contributed by atoms with E-state index in [1.54, 1.807) is 14.2 Å². The van der Waals surface area contributed by atoms with Crippen molar-refractivity contribution in [2.24, 2.45) is 5.92 Å². The van der Waals surface area contributed by atoms with E-state index >= 15 is 0 Å². The van der Waals surface area contributed by atoms with Crippen LogP contribution in [-0.4, -0.2) is 38.3 Å². The highest BCUT2D eigenvalue weighted by atomic mass is 16.5. The van der Waals surface area contributed by atoms with Crippen LogP contribution in [0.3, 0.4) is 0 Å². The second-order valence-electron chi connectivity index (χ2n) is 6.02. The van der Waals surface area contributed by atoms with Crippen LogP contribution in [0.15, 0.2) is 46.8 Å². The molecular formula is C17H23NO3. The predicted molar refractivity (Wildman–Crippen MR) is 81.2 cm³/mol. The lowest BCUT2D eigenvalue weighted by Crippen LogP contribution is -2.39. The smallest absolute Gasteiger partial charge is 0.197 e. The largest absolute Gasteiger partial charge is 0.499 e. The number of hydrogen-bond donors (Lipinski definition) is 0. The molecule has 2 heterocycles. The SMILES string of the molecule is COC1=CC=CC2=C(OC)C3=C(OC(C(C)C)C3)N(C)C12. The lowest BCUT2D eigenvalue weighted by atomic mass is 9.90. The Morgan fingerprint density at radius 3 is 2.67 bits per heavy atom. The molecule has 1 aliphatic carbocycles. The Bertz CT molecular complexity index is 569. The molecular weight excluding hydrogens is 266 g/mol. The molecule has 0 aromatic heterocycles. The van der Waals surface area contributed by atoms with E-state index in [1.807, 2.05) is 12.2 Å². The zero-order valence-corrected chi connectivity index (χ0v) is 13.3. The van der Waals surface area contributed by atoms with Gasteiger partial charge in [0.2, 0.25) is 0 Å². The molecule has 0 bridgehead atoms. The molecule has 2 atom stereocenters. The Hall–Kier alpha value is -1.84. The lowest BCUT2D eigenvalue weighted by Gasteiger charge is -2.38. The maximum atomic E-state index is 6.20. The van der Waals surface area contributed by atoms with Crippen molar-refractivity contribution in [1.82, 2.24) is 4.90 Å². The number of allylic oxidation sites excluding steroid dienone is 3. The van der Waals surface area contributed by atoms with Crippen LogP contribution in [0.25, 0.3) is 0 Å². The third-order valence-corrected chi connectivity index (χ3v) is 4.45. The van der Waals surface area contributed by atoms with Gasteiger partial charge in [0.15, 0.2) is 5.88 Å². The highest BCUT2D eigenvalue weighted by Crippen LogP contribution is 2.44. The van der Waals surface area contributed by atoms with Gasteiger partial charge < -0.3 is 19.1 Å². The summed E-state index contributed by atoms with van der Waals surface area (Å²) >= 11 is 0. The van der Waals surface area contributed by atoms with E-state index in [9.17, 15) is 0 Å². The van der Waals surface area contributed by atoms with Gasteiger partial charge in [-0.3, -0.25) is 0 Å². The molecule has 4 heteroatoms. The summed E-state index contributed by atoms with van der Waals surface area (Å²) in [7, 11) is 5.50. The Morgan fingerprint density at radius 2 is 2.05 bits per heavy atom. The number of hydrogen-bond acceptors (Lipinski definition) is 4. The summed E-state index contributed by atoms with van der Waals surface area (Å²) in [6.45, 7) is 4.38. The number of rotatable bonds is 3. The van der Waals surface area contributed by atoms with Crippen molar-refractivity contribution in [3.8, 4) is 0 Å². The van der Waals surface area contributed by atoms with E-state index < -0.39 is 0 Å². The topological polar surface area (TPSA) is 30.9 Å². The van der Waals surface area contributed by atoms with Gasteiger partial charge >= 0.3 is 0 Å². The number of likely N-dealkylation sites (N-methyl/N-ethyl adjacent to an activating group) is 1. The molecule has 0 amide bonds. The summed E-state index contributed by atoms with van der Waals surface area (Å²) in [6.07, 6.45) is 7.23. The molecule has 0 saturated heterocycles. The minimum Gasteiger partial charge on any atom is -0.499 e. The van der Waals surface area contributed by atoms with Crippen LogP contribution < -0.4 is 0 Å². The first-order chi connectivity index (χ1) is 10.1. The fourth-order valence-corrected chi connectivity index (χ4v) is 3.30. The van der Waals surface area contributed by atoms with Gasteiger partial charge in [-0.05, 0) is 12.0 Å². The zero-order valence-electron chi connectivity index (χ0n) is 13.3. The van der Waals surface area contributed by atoms with Crippen LogP contribution in [0.4, 0.5) is 0 Å². The first kappa shape index (κ1) is 14.1. The number of nitrogens with zero attached hydrogens (tertiary/aromatic N) is 1. The molecule has 0 spiro atoms. The Balaban J connectivity index is 2.05. The first-order valence-corrected chi connectivity index (χ1v) is 7.41. The zero-order chi connectivity index (χ0) is 15.1. The summed E-state index contributed by atoms with van der Waals surface area (Å²) in [5, 5.41) is 0. The Labute approximate surface area is 126 Å². The number of fused-ring (bicyclic) bond motifs is 1. The second kappa shape index (κ2) is 5.17. The van der Waals surface area contributed by atoms with E-state index in [0.29, 0.717) is 5.92 Å². The summed E-state index contributed by atoms with van der Waals surface area (Å²) in [4.78, 5) is 2.16. The van der Waals surface area contributed by atoms with Crippen LogP contribution in [0.1, 0.15) is 20.3 Å².